The number of piperazine rings is 1. The lowest BCUT2D eigenvalue weighted by atomic mass is 10.2. The summed E-state index contributed by atoms with van der Waals surface area (Å²) in [5.74, 6) is 3.29. The molecule has 28 heavy (non-hydrogen) atoms. The van der Waals surface area contributed by atoms with Crippen LogP contribution in [0.1, 0.15) is 6.92 Å². The zero-order valence-electron chi connectivity index (χ0n) is 16.1. The minimum Gasteiger partial charge on any atom is -0.486 e. The Morgan fingerprint density at radius 1 is 1.11 bits per heavy atom. The molecular weight excluding hydrogens is 356 g/mol. The summed E-state index contributed by atoms with van der Waals surface area (Å²) in [5.41, 5.74) is 0. The molecule has 1 aromatic carbocycles. The first kappa shape index (κ1) is 18.3. The van der Waals surface area contributed by atoms with Crippen molar-refractivity contribution in [2.45, 2.75) is 13.0 Å². The SMILES string of the molecule is CCNC(=NCC1COc2ccccc2O1)N1CCN(c2ncccn2)CC1. The van der Waals surface area contributed by atoms with Crippen molar-refractivity contribution in [2.75, 3.05) is 50.8 Å². The second-order valence-corrected chi connectivity index (χ2v) is 6.72. The van der Waals surface area contributed by atoms with Gasteiger partial charge in [0.1, 0.15) is 6.61 Å². The Balaban J connectivity index is 1.35. The zero-order chi connectivity index (χ0) is 19.2. The number of nitrogens with one attached hydrogen (secondary N) is 1. The molecule has 8 heteroatoms. The second-order valence-electron chi connectivity index (χ2n) is 6.72. The molecule has 0 radical (unpaired) electrons. The fourth-order valence-corrected chi connectivity index (χ4v) is 3.34. The number of fused-ring (bicyclic) bond motifs is 1. The molecule has 1 saturated heterocycles. The summed E-state index contributed by atoms with van der Waals surface area (Å²) in [6.45, 7) is 7.45. The van der Waals surface area contributed by atoms with Gasteiger partial charge in [0.15, 0.2) is 23.6 Å². The van der Waals surface area contributed by atoms with Crippen LogP contribution in [0, 0.1) is 0 Å². The smallest absolute Gasteiger partial charge is 0.225 e. The molecule has 0 aliphatic carbocycles. The molecule has 4 rings (SSSR count). The standard InChI is InChI=1S/C20H26N6O2/c1-2-21-19(24-14-16-15-27-17-6-3-4-7-18(17)28-16)25-10-12-26(13-11-25)20-22-8-5-9-23-20/h3-9,16H,2,10-15H2,1H3,(H,21,24). The predicted octanol–water partition coefficient (Wildman–Crippen LogP) is 1.40. The molecule has 2 aliphatic rings. The van der Waals surface area contributed by atoms with E-state index < -0.39 is 0 Å². The molecule has 8 nitrogen and oxygen atoms in total. The van der Waals surface area contributed by atoms with Crippen molar-refractivity contribution in [1.82, 2.24) is 20.2 Å². The number of hydrogen-bond acceptors (Lipinski definition) is 6. The van der Waals surface area contributed by atoms with E-state index in [4.69, 9.17) is 14.5 Å². The minimum absolute atomic E-state index is 0.0810. The van der Waals surface area contributed by atoms with E-state index in [0.717, 1.165) is 56.1 Å². The van der Waals surface area contributed by atoms with Gasteiger partial charge in [0.05, 0.1) is 6.54 Å². The lowest BCUT2D eigenvalue weighted by Gasteiger charge is -2.36. The van der Waals surface area contributed by atoms with Crippen LogP contribution in [0.3, 0.4) is 0 Å². The Bertz CT molecular complexity index is 792. The van der Waals surface area contributed by atoms with Crippen molar-refractivity contribution in [3.05, 3.63) is 42.7 Å². The van der Waals surface area contributed by atoms with Gasteiger partial charge in [-0.25, -0.2) is 15.0 Å². The summed E-state index contributed by atoms with van der Waals surface area (Å²) in [7, 11) is 0. The number of nitrogens with zero attached hydrogens (tertiary/aromatic N) is 5. The van der Waals surface area contributed by atoms with Crippen LogP contribution in [-0.4, -0.2) is 72.8 Å². The van der Waals surface area contributed by atoms with E-state index >= 15 is 0 Å². The molecular formula is C20H26N6O2. The van der Waals surface area contributed by atoms with Crippen LogP contribution >= 0.6 is 0 Å². The highest BCUT2D eigenvalue weighted by Crippen LogP contribution is 2.30. The average molecular weight is 382 g/mol. The van der Waals surface area contributed by atoms with Gasteiger partial charge in [0.25, 0.3) is 0 Å². The molecule has 0 spiro atoms. The van der Waals surface area contributed by atoms with E-state index in [9.17, 15) is 0 Å². The fraction of sp³-hybridized carbons (Fsp3) is 0.450. The van der Waals surface area contributed by atoms with Crippen LogP contribution in [0.5, 0.6) is 11.5 Å². The van der Waals surface area contributed by atoms with Gasteiger partial charge in [-0.05, 0) is 25.1 Å². The van der Waals surface area contributed by atoms with Gasteiger partial charge in [0, 0.05) is 45.1 Å². The average Bonchev–Trinajstić information content (AvgIpc) is 2.77. The lowest BCUT2D eigenvalue weighted by molar-refractivity contribution is 0.0969. The Labute approximate surface area is 165 Å². The minimum atomic E-state index is -0.0810. The van der Waals surface area contributed by atoms with Crippen LogP contribution in [0.15, 0.2) is 47.7 Å². The number of para-hydroxylation sites is 2. The van der Waals surface area contributed by atoms with Crippen LogP contribution in [-0.2, 0) is 0 Å². The van der Waals surface area contributed by atoms with E-state index in [1.165, 1.54) is 0 Å². The van der Waals surface area contributed by atoms with E-state index in [2.05, 4.69) is 32.0 Å². The molecule has 0 amide bonds. The normalized spacial score (nSPS) is 19.5. The monoisotopic (exact) mass is 382 g/mol. The van der Waals surface area contributed by atoms with Gasteiger partial charge in [-0.1, -0.05) is 12.1 Å². The van der Waals surface area contributed by atoms with E-state index in [1.54, 1.807) is 12.4 Å². The Hall–Kier alpha value is -3.03. The van der Waals surface area contributed by atoms with Crippen molar-refractivity contribution in [3.63, 3.8) is 0 Å². The van der Waals surface area contributed by atoms with Gasteiger partial charge in [-0.2, -0.15) is 0 Å². The van der Waals surface area contributed by atoms with Crippen molar-refractivity contribution >= 4 is 11.9 Å². The third-order valence-corrected chi connectivity index (χ3v) is 4.76. The van der Waals surface area contributed by atoms with Gasteiger partial charge in [0.2, 0.25) is 5.95 Å². The highest BCUT2D eigenvalue weighted by Gasteiger charge is 2.23. The van der Waals surface area contributed by atoms with Gasteiger partial charge < -0.3 is 24.6 Å². The largest absolute Gasteiger partial charge is 0.486 e. The van der Waals surface area contributed by atoms with Crippen LogP contribution in [0.2, 0.25) is 0 Å². The number of anilines is 1. The second kappa shape index (κ2) is 8.77. The third kappa shape index (κ3) is 4.27. The summed E-state index contributed by atoms with van der Waals surface area (Å²) < 4.78 is 11.8. The number of aliphatic imine (C=N–C) groups is 1. The quantitative estimate of drug-likeness (QED) is 0.633. The molecule has 1 fully saturated rings. The van der Waals surface area contributed by atoms with E-state index in [-0.39, 0.29) is 6.10 Å². The molecule has 1 atom stereocenters. The molecule has 3 heterocycles. The summed E-state index contributed by atoms with van der Waals surface area (Å²) >= 11 is 0. The van der Waals surface area contributed by atoms with Crippen LogP contribution in [0.4, 0.5) is 5.95 Å². The van der Waals surface area contributed by atoms with Crippen LogP contribution < -0.4 is 19.7 Å². The molecule has 2 aromatic rings. The fourth-order valence-electron chi connectivity index (χ4n) is 3.34. The lowest BCUT2D eigenvalue weighted by Crippen LogP contribution is -2.53. The first-order valence-corrected chi connectivity index (χ1v) is 9.77. The summed E-state index contributed by atoms with van der Waals surface area (Å²) in [4.78, 5) is 18.0. The van der Waals surface area contributed by atoms with Gasteiger partial charge in [-0.15, -0.1) is 0 Å². The molecule has 0 saturated carbocycles. The first-order chi connectivity index (χ1) is 13.8. The molecule has 148 valence electrons. The molecule has 1 aromatic heterocycles. The number of benzene rings is 1. The van der Waals surface area contributed by atoms with Gasteiger partial charge in [-0.3, -0.25) is 0 Å². The highest BCUT2D eigenvalue weighted by atomic mass is 16.6. The molecule has 1 N–H and O–H groups in total. The number of guanidine groups is 1. The maximum atomic E-state index is 6.02. The number of ether oxygens (including phenoxy) is 2. The highest BCUT2D eigenvalue weighted by molar-refractivity contribution is 5.80. The van der Waals surface area contributed by atoms with E-state index in [0.29, 0.717) is 13.2 Å². The van der Waals surface area contributed by atoms with Crippen molar-refractivity contribution in [1.29, 1.82) is 0 Å². The Kier molecular flexibility index (Phi) is 5.75. The maximum Gasteiger partial charge on any atom is 0.225 e. The topological polar surface area (TPSA) is 75.1 Å². The number of hydrogen-bond donors (Lipinski definition) is 1. The zero-order valence-corrected chi connectivity index (χ0v) is 16.1. The first-order valence-electron chi connectivity index (χ1n) is 9.77. The Morgan fingerprint density at radius 3 is 2.61 bits per heavy atom. The predicted molar refractivity (Wildman–Crippen MR) is 108 cm³/mol. The molecule has 2 aliphatic heterocycles. The maximum absolute atomic E-state index is 6.02. The van der Waals surface area contributed by atoms with Gasteiger partial charge >= 0.3 is 0 Å². The Morgan fingerprint density at radius 2 is 1.86 bits per heavy atom. The van der Waals surface area contributed by atoms with Crippen LogP contribution in [0.25, 0.3) is 0 Å². The third-order valence-electron chi connectivity index (χ3n) is 4.76. The number of rotatable bonds is 4. The van der Waals surface area contributed by atoms with E-state index in [1.807, 2.05) is 30.3 Å². The molecule has 1 unspecified atom stereocenters. The van der Waals surface area contributed by atoms with Crippen molar-refractivity contribution in [2.24, 2.45) is 4.99 Å². The number of aromatic nitrogens is 2. The van der Waals surface area contributed by atoms with Crippen molar-refractivity contribution < 1.29 is 9.47 Å². The summed E-state index contributed by atoms with van der Waals surface area (Å²) in [6, 6.07) is 9.60. The summed E-state index contributed by atoms with van der Waals surface area (Å²) in [5, 5.41) is 3.40. The summed E-state index contributed by atoms with van der Waals surface area (Å²) in [6.07, 6.45) is 3.48. The van der Waals surface area contributed by atoms with Crippen molar-refractivity contribution in [3.8, 4) is 11.5 Å². The molecule has 0 bridgehead atoms.